The van der Waals surface area contributed by atoms with Gasteiger partial charge in [-0.3, -0.25) is 4.79 Å². The normalized spacial score (nSPS) is 18.0. The van der Waals surface area contributed by atoms with Crippen molar-refractivity contribution in [1.82, 2.24) is 0 Å². The monoisotopic (exact) mass is 381 g/mol. The van der Waals surface area contributed by atoms with Gasteiger partial charge in [0.15, 0.2) is 6.10 Å². The minimum atomic E-state index is -1.38. The van der Waals surface area contributed by atoms with Crippen LogP contribution in [0.5, 0.6) is 0 Å². The number of anilines is 1. The molecule has 0 aromatic heterocycles. The van der Waals surface area contributed by atoms with Crippen LogP contribution in [0.3, 0.4) is 0 Å². The first kappa shape index (κ1) is 20.1. The summed E-state index contributed by atoms with van der Waals surface area (Å²) in [5.41, 5.74) is 3.07. The van der Waals surface area contributed by atoms with Crippen LogP contribution in [0.1, 0.15) is 73.7 Å². The zero-order valence-corrected chi connectivity index (χ0v) is 16.7. The van der Waals surface area contributed by atoms with E-state index < -0.39 is 18.0 Å². The first-order chi connectivity index (χ1) is 13.0. The summed E-state index contributed by atoms with van der Waals surface area (Å²) in [7, 11) is 0. The summed E-state index contributed by atoms with van der Waals surface area (Å²) in [5, 5.41) is 22.4. The van der Waals surface area contributed by atoms with Gasteiger partial charge in [0.2, 0.25) is 0 Å². The Kier molecular flexibility index (Phi) is 5.06. The summed E-state index contributed by atoms with van der Waals surface area (Å²) in [5.74, 6) is -1.79. The van der Waals surface area contributed by atoms with E-state index in [9.17, 15) is 19.8 Å². The lowest BCUT2D eigenvalue weighted by Crippen LogP contribution is -2.34. The molecule has 5 heteroatoms. The number of rotatable bonds is 4. The highest BCUT2D eigenvalue weighted by Gasteiger charge is 2.37. The fourth-order valence-corrected chi connectivity index (χ4v) is 3.91. The lowest BCUT2D eigenvalue weighted by molar-refractivity contribution is -0.124. The molecular formula is C23H27NO4. The molecule has 2 aromatic carbocycles. The SMILES string of the molecule is CC1(C)CCC(C)(C)c2cc(C(O)C(=O)Nc3ccccc3C(=O)O)ccc21. The minimum absolute atomic E-state index is 0.0172. The molecule has 1 unspecified atom stereocenters. The van der Waals surface area contributed by atoms with Crippen LogP contribution < -0.4 is 5.32 Å². The Labute approximate surface area is 165 Å². The van der Waals surface area contributed by atoms with Gasteiger partial charge < -0.3 is 15.5 Å². The fourth-order valence-electron chi connectivity index (χ4n) is 3.91. The van der Waals surface area contributed by atoms with Gasteiger partial charge in [-0.1, -0.05) is 58.0 Å². The number of nitrogens with one attached hydrogen (secondary N) is 1. The number of hydrogen-bond donors (Lipinski definition) is 3. The van der Waals surface area contributed by atoms with Gasteiger partial charge in [0.25, 0.3) is 5.91 Å². The van der Waals surface area contributed by atoms with Crippen LogP contribution in [0.2, 0.25) is 0 Å². The average Bonchev–Trinajstić information content (AvgIpc) is 2.65. The molecule has 0 heterocycles. The molecule has 3 rings (SSSR count). The van der Waals surface area contributed by atoms with E-state index in [2.05, 4.69) is 33.0 Å². The summed E-state index contributed by atoms with van der Waals surface area (Å²) >= 11 is 0. The third-order valence-electron chi connectivity index (χ3n) is 5.86. The third kappa shape index (κ3) is 3.67. The van der Waals surface area contributed by atoms with Crippen molar-refractivity contribution in [2.75, 3.05) is 5.32 Å². The van der Waals surface area contributed by atoms with Crippen LogP contribution in [0.25, 0.3) is 0 Å². The number of aliphatic hydroxyl groups excluding tert-OH is 1. The zero-order chi connectivity index (χ0) is 20.7. The number of hydrogen-bond acceptors (Lipinski definition) is 3. The predicted octanol–water partition coefficient (Wildman–Crippen LogP) is 4.41. The highest BCUT2D eigenvalue weighted by molar-refractivity contribution is 6.02. The van der Waals surface area contributed by atoms with E-state index in [4.69, 9.17) is 0 Å². The van der Waals surface area contributed by atoms with Crippen LogP contribution in [0.15, 0.2) is 42.5 Å². The largest absolute Gasteiger partial charge is 0.478 e. The molecule has 1 atom stereocenters. The zero-order valence-electron chi connectivity index (χ0n) is 16.7. The fraction of sp³-hybridized carbons (Fsp3) is 0.391. The van der Waals surface area contributed by atoms with Crippen molar-refractivity contribution in [3.05, 3.63) is 64.7 Å². The van der Waals surface area contributed by atoms with Crippen molar-refractivity contribution >= 4 is 17.6 Å². The number of carboxylic acids is 1. The summed E-state index contributed by atoms with van der Waals surface area (Å²) in [6.45, 7) is 8.79. The van der Waals surface area contributed by atoms with Crippen molar-refractivity contribution < 1.29 is 19.8 Å². The van der Waals surface area contributed by atoms with Crippen LogP contribution in [-0.4, -0.2) is 22.1 Å². The average molecular weight is 381 g/mol. The van der Waals surface area contributed by atoms with Crippen LogP contribution >= 0.6 is 0 Å². The lowest BCUT2D eigenvalue weighted by atomic mass is 9.63. The number of para-hydroxylation sites is 1. The van der Waals surface area contributed by atoms with E-state index in [0.29, 0.717) is 5.56 Å². The van der Waals surface area contributed by atoms with E-state index in [1.54, 1.807) is 18.2 Å². The quantitative estimate of drug-likeness (QED) is 0.732. The molecule has 0 saturated heterocycles. The molecule has 0 fully saturated rings. The summed E-state index contributed by atoms with van der Waals surface area (Å²) in [6, 6.07) is 11.9. The molecule has 2 aromatic rings. The van der Waals surface area contributed by atoms with Crippen molar-refractivity contribution in [1.29, 1.82) is 0 Å². The molecule has 1 amide bonds. The summed E-state index contributed by atoms with van der Waals surface area (Å²) < 4.78 is 0. The van der Waals surface area contributed by atoms with Crippen LogP contribution in [0, 0.1) is 0 Å². The molecule has 1 aliphatic rings. The summed E-state index contributed by atoms with van der Waals surface area (Å²) in [6.07, 6.45) is 0.736. The Morgan fingerprint density at radius 3 is 2.21 bits per heavy atom. The second kappa shape index (κ2) is 7.06. The number of carbonyl (C=O) groups excluding carboxylic acids is 1. The number of carbonyl (C=O) groups is 2. The molecule has 0 saturated carbocycles. The van der Waals surface area contributed by atoms with Gasteiger partial charge >= 0.3 is 5.97 Å². The van der Waals surface area contributed by atoms with Crippen LogP contribution in [0.4, 0.5) is 5.69 Å². The number of aromatic carboxylic acids is 1. The van der Waals surface area contributed by atoms with E-state index in [-0.39, 0.29) is 22.1 Å². The lowest BCUT2D eigenvalue weighted by Gasteiger charge is -2.42. The van der Waals surface area contributed by atoms with Crippen LogP contribution in [-0.2, 0) is 15.6 Å². The topological polar surface area (TPSA) is 86.6 Å². The number of aliphatic hydroxyl groups is 1. The maximum absolute atomic E-state index is 12.6. The Morgan fingerprint density at radius 1 is 0.964 bits per heavy atom. The Balaban J connectivity index is 1.90. The second-order valence-corrected chi connectivity index (χ2v) is 8.82. The van der Waals surface area contributed by atoms with Gasteiger partial charge in [0.05, 0.1) is 11.3 Å². The van der Waals surface area contributed by atoms with Gasteiger partial charge in [-0.25, -0.2) is 4.79 Å². The molecule has 0 aliphatic heterocycles. The third-order valence-corrected chi connectivity index (χ3v) is 5.86. The molecule has 0 bridgehead atoms. The van der Waals surface area contributed by atoms with Crippen molar-refractivity contribution in [2.24, 2.45) is 0 Å². The molecule has 0 radical (unpaired) electrons. The standard InChI is InChI=1S/C23H27NO4/c1-22(2)11-12-23(3,4)17-13-14(9-10-16(17)22)19(25)20(26)24-18-8-6-5-7-15(18)21(27)28/h5-10,13,19,25H,11-12H2,1-4H3,(H,24,26)(H,27,28). The minimum Gasteiger partial charge on any atom is -0.478 e. The first-order valence-corrected chi connectivity index (χ1v) is 9.49. The van der Waals surface area contributed by atoms with E-state index >= 15 is 0 Å². The number of carboxylic acid groups (broad SMARTS) is 1. The summed E-state index contributed by atoms with van der Waals surface area (Å²) in [4.78, 5) is 23.9. The molecule has 3 N–H and O–H groups in total. The Morgan fingerprint density at radius 2 is 1.57 bits per heavy atom. The molecular weight excluding hydrogens is 354 g/mol. The van der Waals surface area contributed by atoms with E-state index in [0.717, 1.165) is 18.4 Å². The molecule has 28 heavy (non-hydrogen) atoms. The molecule has 5 nitrogen and oxygen atoms in total. The van der Waals surface area contributed by atoms with Crippen molar-refractivity contribution in [3.63, 3.8) is 0 Å². The highest BCUT2D eigenvalue weighted by Crippen LogP contribution is 2.46. The van der Waals surface area contributed by atoms with E-state index in [1.807, 2.05) is 12.1 Å². The van der Waals surface area contributed by atoms with Crippen molar-refractivity contribution in [3.8, 4) is 0 Å². The first-order valence-electron chi connectivity index (χ1n) is 9.49. The van der Waals surface area contributed by atoms with Crippen molar-refractivity contribution in [2.45, 2.75) is 57.5 Å². The highest BCUT2D eigenvalue weighted by atomic mass is 16.4. The van der Waals surface area contributed by atoms with Gasteiger partial charge in [0.1, 0.15) is 0 Å². The molecule has 0 spiro atoms. The number of fused-ring (bicyclic) bond motifs is 1. The van der Waals surface area contributed by atoms with Gasteiger partial charge in [-0.2, -0.15) is 0 Å². The smallest absolute Gasteiger partial charge is 0.337 e. The van der Waals surface area contributed by atoms with Gasteiger partial charge in [0, 0.05) is 0 Å². The van der Waals surface area contributed by atoms with E-state index in [1.165, 1.54) is 17.7 Å². The van der Waals surface area contributed by atoms with Gasteiger partial charge in [-0.05, 0) is 52.5 Å². The number of amides is 1. The molecule has 148 valence electrons. The maximum atomic E-state index is 12.6. The second-order valence-electron chi connectivity index (χ2n) is 8.82. The Bertz CT molecular complexity index is 930. The number of benzene rings is 2. The molecule has 1 aliphatic carbocycles. The maximum Gasteiger partial charge on any atom is 0.337 e. The predicted molar refractivity (Wildman–Crippen MR) is 109 cm³/mol. The Hall–Kier alpha value is -2.66. The van der Waals surface area contributed by atoms with Gasteiger partial charge in [-0.15, -0.1) is 0 Å².